The zero-order valence-corrected chi connectivity index (χ0v) is 16.0. The molecule has 4 nitrogen and oxygen atoms in total. The van der Waals surface area contributed by atoms with Gasteiger partial charge >= 0.3 is 6.09 Å². The Morgan fingerprint density at radius 1 is 1.35 bits per heavy atom. The minimum absolute atomic E-state index is 0.183. The highest BCUT2D eigenvalue weighted by Crippen LogP contribution is 2.32. The first-order valence-corrected chi connectivity index (χ1v) is 8.99. The minimum Gasteiger partial charge on any atom is -0.444 e. The molecular weight excluding hydrogens is 356 g/mol. The smallest absolute Gasteiger partial charge is 0.408 e. The van der Waals surface area contributed by atoms with Gasteiger partial charge < -0.3 is 15.4 Å². The van der Waals surface area contributed by atoms with Crippen molar-refractivity contribution in [3.63, 3.8) is 0 Å². The van der Waals surface area contributed by atoms with Crippen LogP contribution in [-0.2, 0) is 4.74 Å². The normalized spacial score (nSPS) is 18.0. The van der Waals surface area contributed by atoms with Gasteiger partial charge in [0.15, 0.2) is 0 Å². The van der Waals surface area contributed by atoms with Crippen molar-refractivity contribution in [1.29, 1.82) is 0 Å². The van der Waals surface area contributed by atoms with Gasteiger partial charge in [0.05, 0.1) is 5.54 Å². The number of nitrogens with one attached hydrogen (secondary N) is 2. The standard InChI is InChI=1S/C18H27BrN2O2/c1-13(14-8-5-6-9-15(14)19)20-12-18(10-7-11-18)21-16(22)23-17(2,3)4/h5-6,8-9,13,20H,7,10-12H2,1-4H3,(H,21,22). The highest BCUT2D eigenvalue weighted by molar-refractivity contribution is 9.10. The van der Waals surface area contributed by atoms with Crippen LogP contribution >= 0.6 is 15.9 Å². The van der Waals surface area contributed by atoms with Gasteiger partial charge in [0.2, 0.25) is 0 Å². The Balaban J connectivity index is 1.92. The fourth-order valence-electron chi connectivity index (χ4n) is 2.75. The number of ether oxygens (including phenoxy) is 1. The van der Waals surface area contributed by atoms with E-state index in [1.807, 2.05) is 39.0 Å². The summed E-state index contributed by atoms with van der Waals surface area (Å²) in [7, 11) is 0. The molecule has 0 spiro atoms. The van der Waals surface area contributed by atoms with E-state index in [-0.39, 0.29) is 17.7 Å². The van der Waals surface area contributed by atoms with E-state index in [0.717, 1.165) is 30.3 Å². The zero-order valence-electron chi connectivity index (χ0n) is 14.4. The third-order valence-electron chi connectivity index (χ3n) is 4.20. The second-order valence-electron chi connectivity index (χ2n) is 7.38. The fraction of sp³-hybridized carbons (Fsp3) is 0.611. The number of alkyl carbamates (subject to hydrolysis) is 1. The van der Waals surface area contributed by atoms with E-state index in [2.05, 4.69) is 39.6 Å². The van der Waals surface area contributed by atoms with Crippen LogP contribution in [0.15, 0.2) is 28.7 Å². The molecule has 23 heavy (non-hydrogen) atoms. The SMILES string of the molecule is CC(NCC1(NC(=O)OC(C)(C)C)CCC1)c1ccccc1Br. The summed E-state index contributed by atoms with van der Waals surface area (Å²) in [5.74, 6) is 0. The lowest BCUT2D eigenvalue weighted by atomic mass is 9.76. The predicted molar refractivity (Wildman–Crippen MR) is 96.5 cm³/mol. The van der Waals surface area contributed by atoms with Crippen LogP contribution in [0.2, 0.25) is 0 Å². The Morgan fingerprint density at radius 3 is 2.52 bits per heavy atom. The molecule has 1 aromatic rings. The van der Waals surface area contributed by atoms with Gasteiger partial charge in [-0.25, -0.2) is 4.79 Å². The van der Waals surface area contributed by atoms with Crippen LogP contribution in [0.5, 0.6) is 0 Å². The highest BCUT2D eigenvalue weighted by atomic mass is 79.9. The molecule has 1 aliphatic carbocycles. The lowest BCUT2D eigenvalue weighted by Gasteiger charge is -2.43. The number of hydrogen-bond donors (Lipinski definition) is 2. The Kier molecular flexibility index (Phi) is 5.74. The second kappa shape index (κ2) is 7.22. The summed E-state index contributed by atoms with van der Waals surface area (Å²) >= 11 is 3.59. The third kappa shape index (κ3) is 5.21. The lowest BCUT2D eigenvalue weighted by molar-refractivity contribution is 0.0379. The summed E-state index contributed by atoms with van der Waals surface area (Å²) in [4.78, 5) is 12.1. The van der Waals surface area contributed by atoms with Gasteiger partial charge in [-0.15, -0.1) is 0 Å². The van der Waals surface area contributed by atoms with Crippen LogP contribution < -0.4 is 10.6 Å². The molecule has 1 atom stereocenters. The Bertz CT molecular complexity index is 550. The molecule has 0 bridgehead atoms. The maximum Gasteiger partial charge on any atom is 0.408 e. The molecule has 0 aliphatic heterocycles. The topological polar surface area (TPSA) is 50.4 Å². The van der Waals surface area contributed by atoms with E-state index in [1.54, 1.807) is 0 Å². The molecule has 2 rings (SSSR count). The van der Waals surface area contributed by atoms with Crippen molar-refractivity contribution in [2.45, 2.75) is 64.1 Å². The largest absolute Gasteiger partial charge is 0.444 e. The Labute approximate surface area is 147 Å². The number of benzene rings is 1. The Morgan fingerprint density at radius 2 is 2.00 bits per heavy atom. The van der Waals surface area contributed by atoms with Crippen molar-refractivity contribution in [2.75, 3.05) is 6.54 Å². The van der Waals surface area contributed by atoms with Crippen molar-refractivity contribution in [3.8, 4) is 0 Å². The maximum absolute atomic E-state index is 12.1. The first-order chi connectivity index (χ1) is 10.7. The number of amides is 1. The molecule has 0 heterocycles. The average Bonchev–Trinajstić information content (AvgIpc) is 2.39. The molecule has 2 N–H and O–H groups in total. The summed E-state index contributed by atoms with van der Waals surface area (Å²) in [6, 6.07) is 8.42. The predicted octanol–water partition coefficient (Wildman–Crippen LogP) is 4.55. The number of halogens is 1. The minimum atomic E-state index is -0.468. The van der Waals surface area contributed by atoms with Gasteiger partial charge in [-0.05, 0) is 58.6 Å². The first-order valence-electron chi connectivity index (χ1n) is 8.20. The van der Waals surface area contributed by atoms with Crippen LogP contribution in [-0.4, -0.2) is 23.8 Å². The molecule has 1 amide bonds. The van der Waals surface area contributed by atoms with E-state index in [4.69, 9.17) is 4.74 Å². The van der Waals surface area contributed by atoms with Crippen LogP contribution in [0, 0.1) is 0 Å². The third-order valence-corrected chi connectivity index (χ3v) is 4.92. The van der Waals surface area contributed by atoms with Crippen LogP contribution in [0.1, 0.15) is 58.6 Å². The van der Waals surface area contributed by atoms with Crippen molar-refractivity contribution < 1.29 is 9.53 Å². The summed E-state index contributed by atoms with van der Waals surface area (Å²) in [6.45, 7) is 8.53. The molecule has 1 unspecified atom stereocenters. The number of carbonyl (C=O) groups excluding carboxylic acids is 1. The highest BCUT2D eigenvalue weighted by Gasteiger charge is 2.39. The van der Waals surface area contributed by atoms with Crippen molar-refractivity contribution in [3.05, 3.63) is 34.3 Å². The quantitative estimate of drug-likeness (QED) is 0.785. The van der Waals surface area contributed by atoms with E-state index in [9.17, 15) is 4.79 Å². The summed E-state index contributed by atoms with van der Waals surface area (Å²) < 4.78 is 6.49. The summed E-state index contributed by atoms with van der Waals surface area (Å²) in [5, 5.41) is 6.62. The van der Waals surface area contributed by atoms with E-state index in [0.29, 0.717) is 0 Å². The van der Waals surface area contributed by atoms with Gasteiger partial charge in [-0.1, -0.05) is 34.1 Å². The van der Waals surface area contributed by atoms with Gasteiger partial charge in [-0.2, -0.15) is 0 Å². The van der Waals surface area contributed by atoms with Gasteiger partial charge in [0.1, 0.15) is 5.60 Å². The molecule has 1 aliphatic rings. The first kappa shape index (κ1) is 18.3. The van der Waals surface area contributed by atoms with Crippen molar-refractivity contribution in [1.82, 2.24) is 10.6 Å². The van der Waals surface area contributed by atoms with Crippen molar-refractivity contribution >= 4 is 22.0 Å². The van der Waals surface area contributed by atoms with Crippen LogP contribution in [0.4, 0.5) is 4.79 Å². The fourth-order valence-corrected chi connectivity index (χ4v) is 3.38. The molecular formula is C18H27BrN2O2. The van der Waals surface area contributed by atoms with Gasteiger partial charge in [0, 0.05) is 17.1 Å². The molecule has 5 heteroatoms. The molecule has 1 fully saturated rings. The van der Waals surface area contributed by atoms with Crippen molar-refractivity contribution in [2.24, 2.45) is 0 Å². The average molecular weight is 383 g/mol. The van der Waals surface area contributed by atoms with Gasteiger partial charge in [0.25, 0.3) is 0 Å². The lowest BCUT2D eigenvalue weighted by Crippen LogP contribution is -2.60. The van der Waals surface area contributed by atoms with E-state index < -0.39 is 5.60 Å². The number of carbonyl (C=O) groups is 1. The van der Waals surface area contributed by atoms with Crippen LogP contribution in [0.3, 0.4) is 0 Å². The molecule has 0 aromatic heterocycles. The molecule has 0 saturated heterocycles. The number of rotatable bonds is 5. The molecule has 1 saturated carbocycles. The molecule has 0 radical (unpaired) electrons. The van der Waals surface area contributed by atoms with Gasteiger partial charge in [-0.3, -0.25) is 0 Å². The van der Waals surface area contributed by atoms with E-state index >= 15 is 0 Å². The maximum atomic E-state index is 12.1. The molecule has 1 aromatic carbocycles. The van der Waals surface area contributed by atoms with E-state index in [1.165, 1.54) is 5.56 Å². The summed E-state index contributed by atoms with van der Waals surface area (Å²) in [6.07, 6.45) is 2.79. The second-order valence-corrected chi connectivity index (χ2v) is 8.24. The molecule has 128 valence electrons. The Hall–Kier alpha value is -1.07. The zero-order chi connectivity index (χ0) is 17.1. The van der Waals surface area contributed by atoms with Crippen LogP contribution in [0.25, 0.3) is 0 Å². The number of hydrogen-bond acceptors (Lipinski definition) is 3. The monoisotopic (exact) mass is 382 g/mol. The summed E-state index contributed by atoms with van der Waals surface area (Å²) in [5.41, 5.74) is 0.571.